The number of aryl methyl sites for hydroxylation is 2. The summed E-state index contributed by atoms with van der Waals surface area (Å²) in [5.74, 6) is 0.0794. The molecule has 1 aliphatic heterocycles. The number of carbonyl (C=O) groups excluding carboxylic acids is 2. The number of fused-ring (bicyclic) bond motifs is 2. The molecule has 5 heteroatoms. The van der Waals surface area contributed by atoms with Crippen LogP contribution >= 0.6 is 0 Å². The topological polar surface area (TPSA) is 58.6 Å². The maximum Gasteiger partial charge on any atom is 0.409 e. The summed E-state index contributed by atoms with van der Waals surface area (Å²) in [6.07, 6.45) is 2.12. The first-order valence-corrected chi connectivity index (χ1v) is 9.56. The fraction of sp³-hybridized carbons (Fsp3) is 0.364. The van der Waals surface area contributed by atoms with Gasteiger partial charge in [-0.1, -0.05) is 48.5 Å². The lowest BCUT2D eigenvalue weighted by Crippen LogP contribution is -2.35. The smallest absolute Gasteiger partial charge is 0.409 e. The van der Waals surface area contributed by atoms with Gasteiger partial charge in [0.1, 0.15) is 6.61 Å². The lowest BCUT2D eigenvalue weighted by Gasteiger charge is -2.20. The van der Waals surface area contributed by atoms with Crippen LogP contribution in [-0.2, 0) is 22.4 Å². The number of carbonyl (C=O) groups is 2. The third-order valence-electron chi connectivity index (χ3n) is 5.46. The fourth-order valence-corrected chi connectivity index (χ4v) is 4.08. The second-order valence-corrected chi connectivity index (χ2v) is 7.11. The molecular formula is C22H24N2O3. The Hall–Kier alpha value is -2.82. The van der Waals surface area contributed by atoms with E-state index in [1.807, 2.05) is 0 Å². The average Bonchev–Trinajstić information content (AvgIpc) is 3.02. The Morgan fingerprint density at radius 2 is 1.67 bits per heavy atom. The second kappa shape index (κ2) is 7.82. The van der Waals surface area contributed by atoms with E-state index < -0.39 is 0 Å². The van der Waals surface area contributed by atoms with Gasteiger partial charge in [-0.25, -0.2) is 4.79 Å². The molecule has 1 saturated heterocycles. The summed E-state index contributed by atoms with van der Waals surface area (Å²) < 4.78 is 4.91. The molecule has 140 valence electrons. The average molecular weight is 364 g/mol. The van der Waals surface area contributed by atoms with E-state index in [1.165, 1.54) is 22.3 Å². The van der Waals surface area contributed by atoms with Gasteiger partial charge in [0.15, 0.2) is 0 Å². The first-order chi connectivity index (χ1) is 13.2. The van der Waals surface area contributed by atoms with Crippen LogP contribution in [0, 0.1) is 0 Å². The molecule has 2 amide bonds. The van der Waals surface area contributed by atoms with Crippen LogP contribution in [0.3, 0.4) is 0 Å². The summed E-state index contributed by atoms with van der Waals surface area (Å²) in [5, 5.41) is 2.97. The van der Waals surface area contributed by atoms with Crippen LogP contribution in [0.15, 0.2) is 48.5 Å². The maximum atomic E-state index is 12.7. The van der Waals surface area contributed by atoms with E-state index in [9.17, 15) is 9.59 Å². The number of amides is 2. The first kappa shape index (κ1) is 17.6. The quantitative estimate of drug-likeness (QED) is 0.888. The van der Waals surface area contributed by atoms with Crippen molar-refractivity contribution in [2.24, 2.45) is 0 Å². The number of nitrogens with zero attached hydrogens (tertiary/aromatic N) is 1. The second-order valence-electron chi connectivity index (χ2n) is 7.11. The van der Waals surface area contributed by atoms with Gasteiger partial charge in [-0.3, -0.25) is 4.79 Å². The van der Waals surface area contributed by atoms with Crippen molar-refractivity contribution in [1.82, 2.24) is 10.2 Å². The molecular weight excluding hydrogens is 340 g/mol. The van der Waals surface area contributed by atoms with E-state index in [2.05, 4.69) is 53.8 Å². The molecule has 5 nitrogen and oxygen atoms in total. The number of hydrogen-bond donors (Lipinski definition) is 1. The molecule has 0 aromatic heterocycles. The molecule has 0 radical (unpaired) electrons. The van der Waals surface area contributed by atoms with E-state index in [0.717, 1.165) is 12.8 Å². The van der Waals surface area contributed by atoms with Gasteiger partial charge >= 0.3 is 6.09 Å². The van der Waals surface area contributed by atoms with E-state index in [1.54, 1.807) is 4.90 Å². The van der Waals surface area contributed by atoms with E-state index >= 15 is 0 Å². The van der Waals surface area contributed by atoms with Gasteiger partial charge < -0.3 is 15.0 Å². The zero-order valence-corrected chi connectivity index (χ0v) is 15.3. The van der Waals surface area contributed by atoms with Crippen LogP contribution < -0.4 is 5.32 Å². The number of nitrogens with one attached hydrogen (secondary N) is 1. The third-order valence-corrected chi connectivity index (χ3v) is 5.46. The summed E-state index contributed by atoms with van der Waals surface area (Å²) in [4.78, 5) is 25.7. The number of benzene rings is 2. The number of cyclic esters (lactones) is 1. The Labute approximate surface area is 159 Å². The molecule has 2 aliphatic rings. The standard InChI is InChI=1S/C22H24N2O3/c25-21(23-11-12-24-13-14-27-22(24)26)15-20-18-7-3-1-5-16(18)9-10-17-6-2-4-8-19(17)20/h1-8,20H,9-15H2,(H,23,25). The summed E-state index contributed by atoms with van der Waals surface area (Å²) in [6.45, 7) is 1.97. The largest absolute Gasteiger partial charge is 0.448 e. The summed E-state index contributed by atoms with van der Waals surface area (Å²) in [5.41, 5.74) is 5.15. The van der Waals surface area contributed by atoms with Gasteiger partial charge in [0.05, 0.1) is 6.54 Å². The van der Waals surface area contributed by atoms with Crippen molar-refractivity contribution in [3.8, 4) is 0 Å². The molecule has 2 aromatic rings. The Morgan fingerprint density at radius 1 is 1.04 bits per heavy atom. The van der Waals surface area contributed by atoms with E-state index in [4.69, 9.17) is 4.74 Å². The summed E-state index contributed by atoms with van der Waals surface area (Å²) >= 11 is 0. The van der Waals surface area contributed by atoms with Crippen LogP contribution in [-0.4, -0.2) is 43.1 Å². The molecule has 1 aliphatic carbocycles. The van der Waals surface area contributed by atoms with Crippen LogP contribution in [0.1, 0.15) is 34.6 Å². The monoisotopic (exact) mass is 364 g/mol. The molecule has 1 fully saturated rings. The van der Waals surface area contributed by atoms with Gasteiger partial charge in [0.2, 0.25) is 5.91 Å². The lowest BCUT2D eigenvalue weighted by molar-refractivity contribution is -0.121. The number of ether oxygens (including phenoxy) is 1. The van der Waals surface area contributed by atoms with Gasteiger partial charge in [0, 0.05) is 25.4 Å². The lowest BCUT2D eigenvalue weighted by atomic mass is 9.85. The highest BCUT2D eigenvalue weighted by Crippen LogP contribution is 2.36. The highest BCUT2D eigenvalue weighted by atomic mass is 16.6. The molecule has 0 unspecified atom stereocenters. The normalized spacial score (nSPS) is 16.3. The molecule has 0 spiro atoms. The van der Waals surface area contributed by atoms with Crippen LogP contribution in [0.25, 0.3) is 0 Å². The molecule has 1 N–H and O–H groups in total. The van der Waals surface area contributed by atoms with Crippen LogP contribution in [0.5, 0.6) is 0 Å². The third kappa shape index (κ3) is 3.82. The van der Waals surface area contributed by atoms with Crippen molar-refractivity contribution in [1.29, 1.82) is 0 Å². The van der Waals surface area contributed by atoms with Gasteiger partial charge in [-0.15, -0.1) is 0 Å². The Bertz CT molecular complexity index is 801. The Balaban J connectivity index is 1.47. The molecule has 1 heterocycles. The first-order valence-electron chi connectivity index (χ1n) is 9.56. The van der Waals surface area contributed by atoms with Gasteiger partial charge in [-0.05, 0) is 35.1 Å². The fourth-order valence-electron chi connectivity index (χ4n) is 4.08. The van der Waals surface area contributed by atoms with Crippen molar-refractivity contribution in [2.45, 2.75) is 25.2 Å². The predicted octanol–water partition coefficient (Wildman–Crippen LogP) is 2.88. The summed E-state index contributed by atoms with van der Waals surface area (Å²) in [6, 6.07) is 16.9. The van der Waals surface area contributed by atoms with Crippen molar-refractivity contribution in [3.05, 3.63) is 70.8 Å². The van der Waals surface area contributed by atoms with Crippen molar-refractivity contribution in [3.63, 3.8) is 0 Å². The SMILES string of the molecule is O=C(CC1c2ccccc2CCc2ccccc21)NCCN1CCOC1=O. The highest BCUT2D eigenvalue weighted by Gasteiger charge is 2.26. The molecule has 0 bridgehead atoms. The van der Waals surface area contributed by atoms with Gasteiger partial charge in [0.25, 0.3) is 0 Å². The molecule has 27 heavy (non-hydrogen) atoms. The zero-order chi connectivity index (χ0) is 18.6. The highest BCUT2D eigenvalue weighted by molar-refractivity contribution is 5.78. The Morgan fingerprint density at radius 3 is 2.26 bits per heavy atom. The molecule has 0 atom stereocenters. The minimum absolute atomic E-state index is 0.0130. The van der Waals surface area contributed by atoms with Gasteiger partial charge in [-0.2, -0.15) is 0 Å². The number of hydrogen-bond acceptors (Lipinski definition) is 3. The van der Waals surface area contributed by atoms with Crippen LogP contribution in [0.2, 0.25) is 0 Å². The molecule has 0 saturated carbocycles. The minimum Gasteiger partial charge on any atom is -0.448 e. The van der Waals surface area contributed by atoms with Crippen LogP contribution in [0.4, 0.5) is 4.79 Å². The molecule has 4 rings (SSSR count). The van der Waals surface area contributed by atoms with Crippen molar-refractivity contribution in [2.75, 3.05) is 26.2 Å². The zero-order valence-electron chi connectivity index (χ0n) is 15.3. The minimum atomic E-state index is -0.295. The predicted molar refractivity (Wildman–Crippen MR) is 103 cm³/mol. The van der Waals surface area contributed by atoms with Crippen molar-refractivity contribution < 1.29 is 14.3 Å². The molecule has 2 aromatic carbocycles. The maximum absolute atomic E-state index is 12.7. The Kier molecular flexibility index (Phi) is 5.10. The number of rotatable bonds is 5. The van der Waals surface area contributed by atoms with E-state index in [-0.39, 0.29) is 17.9 Å². The van der Waals surface area contributed by atoms with E-state index in [0.29, 0.717) is 32.7 Å². The summed E-state index contributed by atoms with van der Waals surface area (Å²) in [7, 11) is 0. The van der Waals surface area contributed by atoms with Crippen molar-refractivity contribution >= 4 is 12.0 Å².